The van der Waals surface area contributed by atoms with E-state index < -0.39 is 15.8 Å². The van der Waals surface area contributed by atoms with Gasteiger partial charge in [0.1, 0.15) is 5.82 Å². The summed E-state index contributed by atoms with van der Waals surface area (Å²) in [6.07, 6.45) is 2.23. The Morgan fingerprint density at radius 1 is 1.44 bits per heavy atom. The highest BCUT2D eigenvalue weighted by atomic mass is 32.2. The van der Waals surface area contributed by atoms with Crippen molar-refractivity contribution in [3.05, 3.63) is 36.7 Å². The Labute approximate surface area is 105 Å². The minimum Gasteiger partial charge on any atom is -0.326 e. The molecule has 5 nitrogen and oxygen atoms in total. The molecule has 0 atom stereocenters. The molecule has 0 aliphatic carbocycles. The average molecular weight is 272 g/mol. The average Bonchev–Trinajstić information content (AvgIpc) is 2.24. The summed E-state index contributed by atoms with van der Waals surface area (Å²) in [5.74, 6) is -1.15. The van der Waals surface area contributed by atoms with Crippen LogP contribution in [0.2, 0.25) is 0 Å². The normalized spacial score (nSPS) is 11.0. The van der Waals surface area contributed by atoms with Crippen LogP contribution in [0.4, 0.5) is 10.1 Å². The Hall–Kier alpha value is -1.73. The van der Waals surface area contributed by atoms with Crippen LogP contribution in [-0.4, -0.2) is 14.3 Å². The number of carbonyl (C=O) groups is 1. The summed E-state index contributed by atoms with van der Waals surface area (Å²) in [4.78, 5) is 11.0. The molecule has 1 amide bonds. The first kappa shape index (κ1) is 14.3. The second-order valence-corrected chi connectivity index (χ2v) is 5.16. The minimum absolute atomic E-state index is 0.0492. The molecular weight excluding hydrogens is 259 g/mol. The van der Waals surface area contributed by atoms with Gasteiger partial charge in [0, 0.05) is 12.1 Å². The standard InChI is InChI=1S/C11H13FN2O3S/c1-2-3-4-11(15)14-9-5-8(12)6-10(7-9)18(13,16)17/h2,5-7H,1,3-4H2,(H,14,15)(H2,13,16,17). The van der Waals surface area contributed by atoms with E-state index in [1.54, 1.807) is 6.08 Å². The van der Waals surface area contributed by atoms with Crippen LogP contribution in [0.15, 0.2) is 35.7 Å². The van der Waals surface area contributed by atoms with Crippen LogP contribution < -0.4 is 10.5 Å². The topological polar surface area (TPSA) is 89.3 Å². The van der Waals surface area contributed by atoms with Gasteiger partial charge in [0.25, 0.3) is 0 Å². The maximum Gasteiger partial charge on any atom is 0.238 e. The van der Waals surface area contributed by atoms with E-state index in [0.717, 1.165) is 18.2 Å². The van der Waals surface area contributed by atoms with Gasteiger partial charge >= 0.3 is 0 Å². The Morgan fingerprint density at radius 2 is 2.11 bits per heavy atom. The Kier molecular flexibility index (Phi) is 4.57. The first-order valence-electron chi connectivity index (χ1n) is 5.07. The number of hydrogen-bond donors (Lipinski definition) is 2. The lowest BCUT2D eigenvalue weighted by molar-refractivity contribution is -0.116. The second kappa shape index (κ2) is 5.74. The van der Waals surface area contributed by atoms with E-state index >= 15 is 0 Å². The molecule has 0 spiro atoms. The molecule has 0 bridgehead atoms. The Balaban J connectivity index is 2.94. The lowest BCUT2D eigenvalue weighted by Gasteiger charge is -2.06. The zero-order valence-corrected chi connectivity index (χ0v) is 10.3. The quantitative estimate of drug-likeness (QED) is 0.793. The number of rotatable bonds is 5. The maximum atomic E-state index is 13.2. The van der Waals surface area contributed by atoms with Gasteiger partial charge < -0.3 is 5.32 Å². The second-order valence-electron chi connectivity index (χ2n) is 3.60. The molecule has 18 heavy (non-hydrogen) atoms. The van der Waals surface area contributed by atoms with E-state index in [9.17, 15) is 17.6 Å². The van der Waals surface area contributed by atoms with Crippen LogP contribution in [0.1, 0.15) is 12.8 Å². The predicted molar refractivity (Wildman–Crippen MR) is 65.8 cm³/mol. The summed E-state index contributed by atoms with van der Waals surface area (Å²) in [6.45, 7) is 3.46. The van der Waals surface area contributed by atoms with E-state index in [4.69, 9.17) is 5.14 Å². The molecule has 0 aliphatic heterocycles. The Morgan fingerprint density at radius 3 is 2.67 bits per heavy atom. The molecule has 0 aromatic heterocycles. The van der Waals surface area contributed by atoms with Gasteiger partial charge in [-0.15, -0.1) is 6.58 Å². The molecule has 0 saturated heterocycles. The molecule has 0 saturated carbocycles. The van der Waals surface area contributed by atoms with Gasteiger partial charge in [-0.1, -0.05) is 6.08 Å². The Bertz CT molecular complexity index is 570. The number of amides is 1. The summed E-state index contributed by atoms with van der Waals surface area (Å²) in [7, 11) is -4.01. The zero-order chi connectivity index (χ0) is 13.8. The van der Waals surface area contributed by atoms with Crippen molar-refractivity contribution in [3.63, 3.8) is 0 Å². The molecule has 7 heteroatoms. The van der Waals surface area contributed by atoms with Crippen molar-refractivity contribution in [2.24, 2.45) is 5.14 Å². The number of primary sulfonamides is 1. The van der Waals surface area contributed by atoms with Gasteiger partial charge in [-0.3, -0.25) is 4.79 Å². The molecule has 0 unspecified atom stereocenters. The van der Waals surface area contributed by atoms with Gasteiger partial charge in [0.05, 0.1) is 4.90 Å². The van der Waals surface area contributed by atoms with Gasteiger partial charge in [-0.2, -0.15) is 0 Å². The third-order valence-corrected chi connectivity index (χ3v) is 2.95. The number of nitrogens with two attached hydrogens (primary N) is 1. The van der Waals surface area contributed by atoms with Crippen molar-refractivity contribution in [1.29, 1.82) is 0 Å². The molecule has 0 heterocycles. The largest absolute Gasteiger partial charge is 0.326 e. The van der Waals surface area contributed by atoms with Crippen molar-refractivity contribution >= 4 is 21.6 Å². The summed E-state index contributed by atoms with van der Waals surface area (Å²) in [5.41, 5.74) is 0.0492. The number of sulfonamides is 1. The predicted octanol–water partition coefficient (Wildman–Crippen LogP) is 1.38. The van der Waals surface area contributed by atoms with Crippen LogP contribution in [0, 0.1) is 5.82 Å². The third kappa shape index (κ3) is 4.27. The lowest BCUT2D eigenvalue weighted by Crippen LogP contribution is -2.15. The number of carbonyl (C=O) groups excluding carboxylic acids is 1. The van der Waals surface area contributed by atoms with E-state index in [2.05, 4.69) is 11.9 Å². The van der Waals surface area contributed by atoms with Crippen molar-refractivity contribution in [2.45, 2.75) is 17.7 Å². The summed E-state index contributed by atoms with van der Waals surface area (Å²) < 4.78 is 35.3. The minimum atomic E-state index is -4.01. The number of allylic oxidation sites excluding steroid dienone is 1. The highest BCUT2D eigenvalue weighted by molar-refractivity contribution is 7.89. The molecule has 0 fully saturated rings. The third-order valence-electron chi connectivity index (χ3n) is 2.06. The molecule has 1 aromatic rings. The van der Waals surface area contributed by atoms with Crippen LogP contribution in [0.5, 0.6) is 0 Å². The number of benzene rings is 1. The maximum absolute atomic E-state index is 13.2. The van der Waals surface area contributed by atoms with Gasteiger partial charge in [0.15, 0.2) is 0 Å². The number of nitrogens with one attached hydrogen (secondary N) is 1. The van der Waals surface area contributed by atoms with Crippen molar-refractivity contribution in [1.82, 2.24) is 0 Å². The zero-order valence-electron chi connectivity index (χ0n) is 9.52. The number of hydrogen-bond acceptors (Lipinski definition) is 3. The first-order chi connectivity index (χ1) is 8.32. The van der Waals surface area contributed by atoms with E-state index in [1.807, 2.05) is 0 Å². The van der Waals surface area contributed by atoms with E-state index in [-0.39, 0.29) is 22.9 Å². The molecular formula is C11H13FN2O3S. The van der Waals surface area contributed by atoms with Crippen molar-refractivity contribution in [3.8, 4) is 0 Å². The summed E-state index contributed by atoms with van der Waals surface area (Å²) in [6, 6.07) is 2.90. The van der Waals surface area contributed by atoms with Crippen molar-refractivity contribution in [2.75, 3.05) is 5.32 Å². The summed E-state index contributed by atoms with van der Waals surface area (Å²) in [5, 5.41) is 7.27. The fraction of sp³-hybridized carbons (Fsp3) is 0.182. The smallest absolute Gasteiger partial charge is 0.238 e. The van der Waals surface area contributed by atoms with E-state index in [1.165, 1.54) is 0 Å². The first-order valence-corrected chi connectivity index (χ1v) is 6.61. The molecule has 98 valence electrons. The van der Waals surface area contributed by atoms with Crippen LogP contribution in [0.25, 0.3) is 0 Å². The number of halogens is 1. The van der Waals surface area contributed by atoms with Crippen molar-refractivity contribution < 1.29 is 17.6 Å². The fourth-order valence-electron chi connectivity index (χ4n) is 1.26. The SMILES string of the molecule is C=CCCC(=O)Nc1cc(F)cc(S(N)(=O)=O)c1. The molecule has 0 aliphatic rings. The molecule has 0 radical (unpaired) electrons. The van der Waals surface area contributed by atoms with Crippen LogP contribution in [-0.2, 0) is 14.8 Å². The van der Waals surface area contributed by atoms with E-state index in [0.29, 0.717) is 6.42 Å². The van der Waals surface area contributed by atoms with Crippen LogP contribution >= 0.6 is 0 Å². The molecule has 1 rings (SSSR count). The highest BCUT2D eigenvalue weighted by Crippen LogP contribution is 2.17. The van der Waals surface area contributed by atoms with Gasteiger partial charge in [0.2, 0.25) is 15.9 Å². The van der Waals surface area contributed by atoms with Gasteiger partial charge in [-0.05, 0) is 24.6 Å². The number of anilines is 1. The monoisotopic (exact) mass is 272 g/mol. The molecule has 3 N–H and O–H groups in total. The lowest BCUT2D eigenvalue weighted by atomic mass is 10.2. The molecule has 1 aromatic carbocycles. The summed E-state index contributed by atoms with van der Waals surface area (Å²) >= 11 is 0. The fourth-order valence-corrected chi connectivity index (χ4v) is 1.82. The highest BCUT2D eigenvalue weighted by Gasteiger charge is 2.12. The van der Waals surface area contributed by atoms with Crippen LogP contribution in [0.3, 0.4) is 0 Å². The van der Waals surface area contributed by atoms with Gasteiger partial charge in [-0.25, -0.2) is 17.9 Å².